The second kappa shape index (κ2) is 8.36. The van der Waals surface area contributed by atoms with Crippen molar-refractivity contribution in [1.82, 2.24) is 5.43 Å². The second-order valence-corrected chi connectivity index (χ2v) is 9.22. The van der Waals surface area contributed by atoms with Crippen LogP contribution in [0.1, 0.15) is 35.6 Å². The molecule has 0 bridgehead atoms. The fourth-order valence-corrected chi connectivity index (χ4v) is 5.47. The molecule has 1 amide bonds. The van der Waals surface area contributed by atoms with E-state index in [0.29, 0.717) is 6.54 Å². The van der Waals surface area contributed by atoms with Crippen molar-refractivity contribution in [2.45, 2.75) is 31.2 Å². The molecule has 1 unspecified atom stereocenters. The van der Waals surface area contributed by atoms with Crippen molar-refractivity contribution in [3.05, 3.63) is 95.1 Å². The normalized spacial score (nSPS) is 19.1. The van der Waals surface area contributed by atoms with Crippen LogP contribution in [0.3, 0.4) is 0 Å². The van der Waals surface area contributed by atoms with E-state index in [-0.39, 0.29) is 5.91 Å². The molecule has 3 aromatic rings. The smallest absolute Gasteiger partial charge is 0.270 e. The van der Waals surface area contributed by atoms with Gasteiger partial charge in [-0.25, -0.2) is 0 Å². The average Bonchev–Trinajstić information content (AvgIpc) is 3.37. The molecule has 0 fully saturated rings. The van der Waals surface area contributed by atoms with Crippen molar-refractivity contribution in [2.24, 2.45) is 5.10 Å². The lowest BCUT2D eigenvalue weighted by Gasteiger charge is -2.22. The molecular weight excluding hydrogens is 418 g/mol. The summed E-state index contributed by atoms with van der Waals surface area (Å²) in [7, 11) is 1.65. The van der Waals surface area contributed by atoms with Crippen LogP contribution >= 0.6 is 11.8 Å². The van der Waals surface area contributed by atoms with E-state index in [4.69, 9.17) is 4.74 Å². The summed E-state index contributed by atoms with van der Waals surface area (Å²) < 4.78 is 5.27. The van der Waals surface area contributed by atoms with Crippen LogP contribution in [0.15, 0.2) is 77.9 Å². The van der Waals surface area contributed by atoms with Crippen LogP contribution < -0.4 is 15.1 Å². The van der Waals surface area contributed by atoms with Crippen molar-refractivity contribution >= 4 is 28.4 Å². The van der Waals surface area contributed by atoms with E-state index in [2.05, 4.69) is 47.8 Å². The Morgan fingerprint density at radius 2 is 1.81 bits per heavy atom. The van der Waals surface area contributed by atoms with Crippen LogP contribution in [0, 0.1) is 0 Å². The molecule has 0 saturated carbocycles. The van der Waals surface area contributed by atoms with Gasteiger partial charge in [-0.05, 0) is 47.9 Å². The maximum Gasteiger partial charge on any atom is 0.270 e. The Labute approximate surface area is 192 Å². The van der Waals surface area contributed by atoms with Crippen molar-refractivity contribution < 1.29 is 9.53 Å². The fraction of sp³-hybridized carbons (Fsp3) is 0.231. The third-order valence-corrected chi connectivity index (χ3v) is 7.21. The Hall–Kier alpha value is -3.25. The third kappa shape index (κ3) is 3.45. The molecule has 1 atom stereocenters. The zero-order valence-electron chi connectivity index (χ0n) is 18.2. The Morgan fingerprint density at radius 3 is 2.53 bits per heavy atom. The molecule has 162 valence electrons. The van der Waals surface area contributed by atoms with Crippen molar-refractivity contribution in [3.63, 3.8) is 0 Å². The SMILES string of the molecule is CCCc1ccc2c(c1)N(Cc1ccccc1)C(=O)C21NN=C(c2ccc(OC)cc2)S1. The van der Waals surface area contributed by atoms with Gasteiger partial charge in [-0.2, -0.15) is 5.10 Å². The summed E-state index contributed by atoms with van der Waals surface area (Å²) >= 11 is 1.48. The predicted molar refractivity (Wildman–Crippen MR) is 130 cm³/mol. The first-order valence-electron chi connectivity index (χ1n) is 10.8. The number of aryl methyl sites for hydroxylation is 1. The van der Waals surface area contributed by atoms with Crippen molar-refractivity contribution in [3.8, 4) is 5.75 Å². The van der Waals surface area contributed by atoms with Gasteiger partial charge < -0.3 is 9.64 Å². The molecule has 2 aliphatic rings. The van der Waals surface area contributed by atoms with E-state index in [1.54, 1.807) is 7.11 Å². The number of hydrogen-bond acceptors (Lipinski definition) is 5. The van der Waals surface area contributed by atoms with Gasteiger partial charge in [0.25, 0.3) is 5.91 Å². The molecule has 0 aromatic heterocycles. The molecule has 2 aliphatic heterocycles. The largest absolute Gasteiger partial charge is 0.497 e. The van der Waals surface area contributed by atoms with E-state index in [9.17, 15) is 4.79 Å². The molecule has 0 radical (unpaired) electrons. The summed E-state index contributed by atoms with van der Waals surface area (Å²) in [6.07, 6.45) is 2.05. The molecule has 5 nitrogen and oxygen atoms in total. The van der Waals surface area contributed by atoms with Gasteiger partial charge in [0.1, 0.15) is 10.8 Å². The van der Waals surface area contributed by atoms with Gasteiger partial charge >= 0.3 is 0 Å². The lowest BCUT2D eigenvalue weighted by molar-refractivity contribution is -0.121. The summed E-state index contributed by atoms with van der Waals surface area (Å²) in [5, 5.41) is 5.38. The van der Waals surface area contributed by atoms with Crippen molar-refractivity contribution in [1.29, 1.82) is 0 Å². The summed E-state index contributed by atoms with van der Waals surface area (Å²) in [4.78, 5) is 14.8. The Morgan fingerprint density at radius 1 is 1.03 bits per heavy atom. The highest BCUT2D eigenvalue weighted by molar-refractivity contribution is 8.16. The van der Waals surface area contributed by atoms with Gasteiger partial charge in [0.15, 0.2) is 0 Å². The Balaban J connectivity index is 1.51. The number of nitrogens with one attached hydrogen (secondary N) is 1. The number of amides is 1. The lowest BCUT2D eigenvalue weighted by Crippen LogP contribution is -2.44. The highest BCUT2D eigenvalue weighted by Crippen LogP contribution is 2.51. The molecule has 1 spiro atoms. The van der Waals surface area contributed by atoms with Crippen LogP contribution in [0.4, 0.5) is 5.69 Å². The van der Waals surface area contributed by atoms with Gasteiger partial charge in [0, 0.05) is 11.1 Å². The number of hydrazone groups is 1. The first kappa shape index (κ1) is 20.6. The molecular formula is C26H25N3O2S. The average molecular weight is 444 g/mol. The van der Waals surface area contributed by atoms with Gasteiger partial charge in [-0.1, -0.05) is 67.6 Å². The minimum atomic E-state index is -0.940. The minimum absolute atomic E-state index is 0.0160. The molecule has 0 aliphatic carbocycles. The van der Waals surface area contributed by atoms with Crippen LogP contribution in [-0.2, 0) is 22.6 Å². The Bertz CT molecular complexity index is 1180. The number of carbonyl (C=O) groups excluding carboxylic acids is 1. The zero-order chi connectivity index (χ0) is 22.1. The number of ether oxygens (including phenoxy) is 1. The summed E-state index contributed by atoms with van der Waals surface area (Å²) in [6.45, 7) is 2.70. The maximum absolute atomic E-state index is 13.9. The standard InChI is InChI=1S/C26H25N3O2S/c1-3-7-18-10-15-22-23(16-18)29(17-19-8-5-4-6-9-19)25(30)26(22)28-27-24(32-26)20-11-13-21(31-2)14-12-20/h4-6,8-16,28H,3,7,17H2,1-2H3. The molecule has 5 rings (SSSR count). The number of thioether (sulfide) groups is 1. The highest BCUT2D eigenvalue weighted by Gasteiger charge is 2.55. The van der Waals surface area contributed by atoms with Crippen LogP contribution in [-0.4, -0.2) is 18.1 Å². The van der Waals surface area contributed by atoms with E-state index in [1.807, 2.05) is 47.4 Å². The van der Waals surface area contributed by atoms with Gasteiger partial charge in [-0.15, -0.1) is 0 Å². The predicted octanol–water partition coefficient (Wildman–Crippen LogP) is 5.05. The number of hydrogen-bond donors (Lipinski definition) is 1. The quantitative estimate of drug-likeness (QED) is 0.580. The van der Waals surface area contributed by atoms with Gasteiger partial charge in [0.2, 0.25) is 4.87 Å². The molecule has 6 heteroatoms. The van der Waals surface area contributed by atoms with E-state index < -0.39 is 4.87 Å². The first-order chi connectivity index (χ1) is 15.6. The number of carbonyl (C=O) groups is 1. The van der Waals surface area contributed by atoms with Gasteiger partial charge in [0.05, 0.1) is 19.3 Å². The minimum Gasteiger partial charge on any atom is -0.497 e. The van der Waals surface area contributed by atoms with E-state index in [0.717, 1.165) is 46.0 Å². The highest BCUT2D eigenvalue weighted by atomic mass is 32.2. The number of rotatable bonds is 6. The topological polar surface area (TPSA) is 53.9 Å². The molecule has 32 heavy (non-hydrogen) atoms. The monoisotopic (exact) mass is 443 g/mol. The first-order valence-corrected chi connectivity index (χ1v) is 11.6. The fourth-order valence-electron chi connectivity index (χ4n) is 4.26. The second-order valence-electron chi connectivity index (χ2n) is 8.02. The lowest BCUT2D eigenvalue weighted by atomic mass is 10.0. The molecule has 3 aromatic carbocycles. The van der Waals surface area contributed by atoms with Crippen LogP contribution in [0.25, 0.3) is 0 Å². The van der Waals surface area contributed by atoms with Crippen LogP contribution in [0.5, 0.6) is 5.75 Å². The zero-order valence-corrected chi connectivity index (χ0v) is 19.0. The molecule has 1 N–H and O–H groups in total. The van der Waals surface area contributed by atoms with Gasteiger partial charge in [-0.3, -0.25) is 10.2 Å². The van der Waals surface area contributed by atoms with Crippen LogP contribution in [0.2, 0.25) is 0 Å². The third-order valence-electron chi connectivity index (χ3n) is 5.90. The number of fused-ring (bicyclic) bond motifs is 2. The molecule has 2 heterocycles. The Kier molecular flexibility index (Phi) is 5.39. The maximum atomic E-state index is 13.9. The summed E-state index contributed by atoms with van der Waals surface area (Å²) in [5.41, 5.74) is 8.45. The van der Waals surface area contributed by atoms with E-state index >= 15 is 0 Å². The molecule has 0 saturated heterocycles. The number of methoxy groups -OCH3 is 1. The summed E-state index contributed by atoms with van der Waals surface area (Å²) in [6, 6.07) is 24.3. The van der Waals surface area contributed by atoms with Crippen molar-refractivity contribution in [2.75, 3.05) is 12.0 Å². The number of nitrogens with zero attached hydrogens (tertiary/aromatic N) is 2. The number of anilines is 1. The number of benzene rings is 3. The summed E-state index contributed by atoms with van der Waals surface area (Å²) in [5.74, 6) is 0.807. The van der Waals surface area contributed by atoms with E-state index in [1.165, 1.54) is 17.3 Å².